The molecule has 0 aliphatic heterocycles. The SMILES string of the molecule is Nc1ccc(Cl)cc1S(=O)(=O)NCc1cc(Br)cs1. The number of nitrogen functional groups attached to an aromatic ring is 1. The highest BCUT2D eigenvalue weighted by Crippen LogP contribution is 2.24. The van der Waals surface area contributed by atoms with Crippen LogP contribution in [0.1, 0.15) is 4.88 Å². The van der Waals surface area contributed by atoms with Gasteiger partial charge in [-0.2, -0.15) is 0 Å². The number of nitrogens with two attached hydrogens (primary N) is 1. The van der Waals surface area contributed by atoms with Gasteiger partial charge in [0.15, 0.2) is 0 Å². The lowest BCUT2D eigenvalue weighted by molar-refractivity contribution is 0.582. The Labute approximate surface area is 128 Å². The molecule has 0 unspecified atom stereocenters. The number of anilines is 1. The molecule has 0 atom stereocenters. The molecule has 8 heteroatoms. The Balaban J connectivity index is 2.20. The van der Waals surface area contributed by atoms with Crippen molar-refractivity contribution in [1.29, 1.82) is 0 Å². The van der Waals surface area contributed by atoms with E-state index in [4.69, 9.17) is 17.3 Å². The largest absolute Gasteiger partial charge is 0.398 e. The molecule has 102 valence electrons. The van der Waals surface area contributed by atoms with Crippen molar-refractivity contribution < 1.29 is 8.42 Å². The summed E-state index contributed by atoms with van der Waals surface area (Å²) in [5, 5.41) is 2.21. The molecule has 0 radical (unpaired) electrons. The van der Waals surface area contributed by atoms with Crippen molar-refractivity contribution in [3.8, 4) is 0 Å². The van der Waals surface area contributed by atoms with E-state index >= 15 is 0 Å². The van der Waals surface area contributed by atoms with E-state index in [1.165, 1.54) is 23.5 Å². The molecule has 2 aromatic rings. The lowest BCUT2D eigenvalue weighted by Crippen LogP contribution is -2.23. The van der Waals surface area contributed by atoms with Crippen molar-refractivity contribution >= 4 is 54.6 Å². The zero-order chi connectivity index (χ0) is 14.0. The lowest BCUT2D eigenvalue weighted by Gasteiger charge is -2.08. The maximum Gasteiger partial charge on any atom is 0.242 e. The third kappa shape index (κ3) is 3.70. The Morgan fingerprint density at radius 2 is 2.11 bits per heavy atom. The molecule has 0 amide bonds. The van der Waals surface area contributed by atoms with Crippen LogP contribution in [0, 0.1) is 0 Å². The van der Waals surface area contributed by atoms with Crippen molar-refractivity contribution in [2.24, 2.45) is 0 Å². The van der Waals surface area contributed by atoms with E-state index in [1.807, 2.05) is 11.4 Å². The van der Waals surface area contributed by atoms with Crippen LogP contribution in [0.2, 0.25) is 5.02 Å². The molecule has 1 aromatic carbocycles. The van der Waals surface area contributed by atoms with Gasteiger partial charge in [-0.1, -0.05) is 11.6 Å². The van der Waals surface area contributed by atoms with E-state index in [1.54, 1.807) is 6.07 Å². The van der Waals surface area contributed by atoms with Gasteiger partial charge in [0, 0.05) is 26.3 Å². The summed E-state index contributed by atoms with van der Waals surface area (Å²) in [7, 11) is -3.67. The normalized spacial score (nSPS) is 11.7. The number of benzene rings is 1. The van der Waals surface area contributed by atoms with Crippen LogP contribution >= 0.6 is 38.9 Å². The summed E-state index contributed by atoms with van der Waals surface area (Å²) in [6.07, 6.45) is 0. The van der Waals surface area contributed by atoms with Crippen LogP contribution in [0.25, 0.3) is 0 Å². The van der Waals surface area contributed by atoms with Gasteiger partial charge in [-0.25, -0.2) is 13.1 Å². The first kappa shape index (κ1) is 14.8. The molecule has 3 N–H and O–H groups in total. The van der Waals surface area contributed by atoms with E-state index in [-0.39, 0.29) is 17.1 Å². The smallest absolute Gasteiger partial charge is 0.242 e. The van der Waals surface area contributed by atoms with Crippen molar-refractivity contribution in [3.63, 3.8) is 0 Å². The fourth-order valence-electron chi connectivity index (χ4n) is 1.43. The quantitative estimate of drug-likeness (QED) is 0.799. The van der Waals surface area contributed by atoms with Gasteiger partial charge in [-0.15, -0.1) is 11.3 Å². The molecule has 0 aliphatic carbocycles. The first-order valence-corrected chi connectivity index (χ1v) is 8.69. The van der Waals surface area contributed by atoms with Gasteiger partial charge < -0.3 is 5.73 Å². The van der Waals surface area contributed by atoms with E-state index < -0.39 is 10.0 Å². The van der Waals surface area contributed by atoms with E-state index in [0.29, 0.717) is 5.02 Å². The highest BCUT2D eigenvalue weighted by Gasteiger charge is 2.17. The topological polar surface area (TPSA) is 72.2 Å². The van der Waals surface area contributed by atoms with E-state index in [2.05, 4.69) is 20.7 Å². The minimum atomic E-state index is -3.67. The third-order valence-electron chi connectivity index (χ3n) is 2.32. The molecule has 4 nitrogen and oxygen atoms in total. The van der Waals surface area contributed by atoms with Gasteiger partial charge in [0.1, 0.15) is 4.90 Å². The molecule has 2 rings (SSSR count). The number of thiophene rings is 1. The zero-order valence-electron chi connectivity index (χ0n) is 9.56. The Hall–Kier alpha value is -0.600. The second kappa shape index (κ2) is 5.80. The highest BCUT2D eigenvalue weighted by molar-refractivity contribution is 9.10. The van der Waals surface area contributed by atoms with Crippen LogP contribution in [-0.2, 0) is 16.6 Å². The average molecular weight is 382 g/mol. The van der Waals surface area contributed by atoms with E-state index in [0.717, 1.165) is 9.35 Å². The molecular weight excluding hydrogens is 372 g/mol. The number of halogens is 2. The first-order chi connectivity index (χ1) is 8.88. The minimum absolute atomic E-state index is 0.00405. The predicted molar refractivity (Wildman–Crippen MR) is 81.9 cm³/mol. The molecule has 0 saturated carbocycles. The number of nitrogens with one attached hydrogen (secondary N) is 1. The second-order valence-electron chi connectivity index (χ2n) is 3.74. The summed E-state index contributed by atoms with van der Waals surface area (Å²) in [5.41, 5.74) is 5.84. The number of hydrogen-bond donors (Lipinski definition) is 2. The summed E-state index contributed by atoms with van der Waals surface area (Å²) in [4.78, 5) is 0.895. The third-order valence-corrected chi connectivity index (χ3v) is 5.71. The second-order valence-corrected chi connectivity index (χ2v) is 7.82. The van der Waals surface area contributed by atoms with Gasteiger partial charge in [0.2, 0.25) is 10.0 Å². The molecule has 1 heterocycles. The van der Waals surface area contributed by atoms with Crippen LogP contribution in [0.15, 0.2) is 39.0 Å². The predicted octanol–water partition coefficient (Wildman–Crippen LogP) is 3.22. The maximum atomic E-state index is 12.1. The van der Waals surface area contributed by atoms with Crippen LogP contribution in [0.3, 0.4) is 0 Å². The summed E-state index contributed by atoms with van der Waals surface area (Å²) >= 11 is 10.6. The number of hydrogen-bond acceptors (Lipinski definition) is 4. The summed E-state index contributed by atoms with van der Waals surface area (Å²) < 4.78 is 27.7. The molecule has 0 fully saturated rings. The van der Waals surface area contributed by atoms with Crippen molar-refractivity contribution in [3.05, 3.63) is 44.0 Å². The highest BCUT2D eigenvalue weighted by atomic mass is 79.9. The molecule has 1 aromatic heterocycles. The van der Waals surface area contributed by atoms with Gasteiger partial charge in [-0.05, 0) is 40.2 Å². The van der Waals surface area contributed by atoms with Crippen molar-refractivity contribution in [2.75, 3.05) is 5.73 Å². The van der Waals surface area contributed by atoms with Crippen LogP contribution in [0.5, 0.6) is 0 Å². The van der Waals surface area contributed by atoms with Crippen LogP contribution in [-0.4, -0.2) is 8.42 Å². The molecule has 0 saturated heterocycles. The Morgan fingerprint density at radius 3 is 2.74 bits per heavy atom. The Bertz CT molecular complexity index is 700. The Morgan fingerprint density at radius 1 is 1.37 bits per heavy atom. The van der Waals surface area contributed by atoms with Crippen molar-refractivity contribution in [2.45, 2.75) is 11.4 Å². The monoisotopic (exact) mass is 380 g/mol. The zero-order valence-corrected chi connectivity index (χ0v) is 13.5. The number of sulfonamides is 1. The summed E-state index contributed by atoms with van der Waals surface area (Å²) in [6, 6.07) is 6.21. The molecule has 0 bridgehead atoms. The Kier molecular flexibility index (Phi) is 4.52. The molecule has 19 heavy (non-hydrogen) atoms. The molecule has 0 aliphatic rings. The van der Waals surface area contributed by atoms with Crippen molar-refractivity contribution in [1.82, 2.24) is 4.72 Å². The fourth-order valence-corrected chi connectivity index (χ4v) is 4.31. The maximum absolute atomic E-state index is 12.1. The van der Waals surface area contributed by atoms with Gasteiger partial charge in [-0.3, -0.25) is 0 Å². The first-order valence-electron chi connectivity index (χ1n) is 5.16. The minimum Gasteiger partial charge on any atom is -0.398 e. The van der Waals surface area contributed by atoms with Crippen LogP contribution in [0.4, 0.5) is 5.69 Å². The van der Waals surface area contributed by atoms with E-state index in [9.17, 15) is 8.42 Å². The number of rotatable bonds is 4. The standard InChI is InChI=1S/C11H10BrClN2O2S2/c12-7-3-9(18-6-7)5-15-19(16,17)11-4-8(13)1-2-10(11)14/h1-4,6,15H,5,14H2. The van der Waals surface area contributed by atoms with Gasteiger partial charge >= 0.3 is 0 Å². The lowest BCUT2D eigenvalue weighted by atomic mass is 10.3. The fraction of sp³-hybridized carbons (Fsp3) is 0.0909. The van der Waals surface area contributed by atoms with Gasteiger partial charge in [0.05, 0.1) is 5.69 Å². The van der Waals surface area contributed by atoms with Gasteiger partial charge in [0.25, 0.3) is 0 Å². The van der Waals surface area contributed by atoms with Crippen LogP contribution < -0.4 is 10.5 Å². The molecular formula is C11H10BrClN2O2S2. The summed E-state index contributed by atoms with van der Waals surface area (Å²) in [6.45, 7) is 0.213. The molecule has 0 spiro atoms. The summed E-state index contributed by atoms with van der Waals surface area (Å²) in [5.74, 6) is 0. The average Bonchev–Trinajstić information content (AvgIpc) is 2.76.